The van der Waals surface area contributed by atoms with E-state index in [9.17, 15) is 23.1 Å². The van der Waals surface area contributed by atoms with Gasteiger partial charge in [0.05, 0.1) is 35.3 Å². The molecule has 3 aromatic rings. The van der Waals surface area contributed by atoms with Crippen LogP contribution < -0.4 is 14.8 Å². The summed E-state index contributed by atoms with van der Waals surface area (Å²) in [5, 5.41) is 13.1. The van der Waals surface area contributed by atoms with Gasteiger partial charge in [-0.25, -0.2) is 13.2 Å². The summed E-state index contributed by atoms with van der Waals surface area (Å²) in [5.74, 6) is -0.665. The number of rotatable bonds is 8. The molecule has 0 aliphatic carbocycles. The van der Waals surface area contributed by atoms with Crippen molar-refractivity contribution in [3.05, 3.63) is 83.4 Å². The summed E-state index contributed by atoms with van der Waals surface area (Å²) in [5.41, 5.74) is 0.835. The molecule has 3 amide bonds. The first-order valence-corrected chi connectivity index (χ1v) is 14.9. The molecule has 0 unspecified atom stereocenters. The molecule has 41 heavy (non-hydrogen) atoms. The Kier molecular flexibility index (Phi) is 9.42. The van der Waals surface area contributed by atoms with E-state index >= 15 is 0 Å². The van der Waals surface area contributed by atoms with Crippen molar-refractivity contribution in [2.24, 2.45) is 5.92 Å². The summed E-state index contributed by atoms with van der Waals surface area (Å²) in [7, 11) is -2.44. The van der Waals surface area contributed by atoms with Crippen LogP contribution in [0.15, 0.2) is 77.7 Å². The first-order valence-electron chi connectivity index (χ1n) is 13.1. The van der Waals surface area contributed by atoms with E-state index < -0.39 is 28.1 Å². The maximum Gasteiger partial charge on any atom is 0.321 e. The zero-order valence-electron chi connectivity index (χ0n) is 23.0. The zero-order valence-corrected chi connectivity index (χ0v) is 24.5. The van der Waals surface area contributed by atoms with Crippen LogP contribution in [0.25, 0.3) is 0 Å². The van der Waals surface area contributed by atoms with Crippen LogP contribution in [-0.4, -0.2) is 74.2 Å². The van der Waals surface area contributed by atoms with E-state index in [0.29, 0.717) is 10.7 Å². The van der Waals surface area contributed by atoms with E-state index in [2.05, 4.69) is 10.0 Å². The van der Waals surface area contributed by atoms with Crippen molar-refractivity contribution in [2.45, 2.75) is 30.9 Å². The van der Waals surface area contributed by atoms with E-state index in [1.54, 1.807) is 43.1 Å². The van der Waals surface area contributed by atoms with Crippen molar-refractivity contribution < 1.29 is 27.9 Å². The van der Waals surface area contributed by atoms with E-state index in [0.717, 1.165) is 0 Å². The van der Waals surface area contributed by atoms with Gasteiger partial charge in [-0.05, 0) is 55.5 Å². The van der Waals surface area contributed by atoms with Gasteiger partial charge >= 0.3 is 6.03 Å². The molecule has 12 heteroatoms. The number of ether oxygens (including phenoxy) is 1. The Morgan fingerprint density at radius 1 is 1.12 bits per heavy atom. The van der Waals surface area contributed by atoms with Crippen LogP contribution in [0, 0.1) is 5.92 Å². The monoisotopic (exact) mass is 600 g/mol. The number of fused-ring (bicyclic) bond motifs is 1. The van der Waals surface area contributed by atoms with Crippen molar-refractivity contribution in [2.75, 3.05) is 36.8 Å². The lowest BCUT2D eigenvalue weighted by Gasteiger charge is -2.38. The highest BCUT2D eigenvalue weighted by Gasteiger charge is 2.35. The number of hydrogen-bond donors (Lipinski definition) is 3. The average molecular weight is 601 g/mol. The van der Waals surface area contributed by atoms with E-state index in [1.807, 2.05) is 25.1 Å². The summed E-state index contributed by atoms with van der Waals surface area (Å²) in [4.78, 5) is 29.6. The Hall–Kier alpha value is -3.80. The van der Waals surface area contributed by atoms with Crippen molar-refractivity contribution >= 4 is 44.9 Å². The van der Waals surface area contributed by atoms with Crippen molar-refractivity contribution in [3.63, 3.8) is 0 Å². The quantitative estimate of drug-likeness (QED) is 0.349. The molecule has 1 heterocycles. The summed E-state index contributed by atoms with van der Waals surface area (Å²) in [6.45, 7) is 3.73. The predicted molar refractivity (Wildman–Crippen MR) is 158 cm³/mol. The third-order valence-corrected chi connectivity index (χ3v) is 8.52. The Balaban J connectivity index is 1.69. The molecule has 0 saturated carbocycles. The second-order valence-corrected chi connectivity index (χ2v) is 12.2. The molecule has 4 rings (SSSR count). The molecule has 3 N–H and O–H groups in total. The Bertz CT molecular complexity index is 1490. The van der Waals surface area contributed by atoms with Crippen LogP contribution in [-0.2, 0) is 10.0 Å². The van der Waals surface area contributed by atoms with Gasteiger partial charge in [-0.3, -0.25) is 9.52 Å². The molecular formula is C29H33ClN4O6S. The number of nitrogens with zero attached hydrogens (tertiary/aromatic N) is 2. The van der Waals surface area contributed by atoms with Gasteiger partial charge in [0.2, 0.25) is 0 Å². The van der Waals surface area contributed by atoms with Gasteiger partial charge in [0, 0.05) is 30.2 Å². The smallest absolute Gasteiger partial charge is 0.321 e. The number of aliphatic hydroxyl groups is 1. The number of nitrogens with one attached hydrogen (secondary N) is 2. The molecule has 1 aliphatic heterocycles. The van der Waals surface area contributed by atoms with Crippen LogP contribution in [0.5, 0.6) is 5.75 Å². The average Bonchev–Trinajstić information content (AvgIpc) is 2.95. The highest BCUT2D eigenvalue weighted by Crippen LogP contribution is 2.36. The molecule has 0 radical (unpaired) electrons. The van der Waals surface area contributed by atoms with Crippen molar-refractivity contribution in [1.29, 1.82) is 0 Å². The number of halogens is 1. The molecule has 218 valence electrons. The van der Waals surface area contributed by atoms with Crippen LogP contribution >= 0.6 is 11.6 Å². The Morgan fingerprint density at radius 2 is 1.80 bits per heavy atom. The third kappa shape index (κ3) is 7.10. The number of hydrogen-bond acceptors (Lipinski definition) is 6. The summed E-state index contributed by atoms with van der Waals surface area (Å²) >= 11 is 5.93. The van der Waals surface area contributed by atoms with Gasteiger partial charge in [0.25, 0.3) is 15.9 Å². The van der Waals surface area contributed by atoms with Crippen LogP contribution in [0.3, 0.4) is 0 Å². The first-order chi connectivity index (χ1) is 19.5. The van der Waals surface area contributed by atoms with Gasteiger partial charge < -0.3 is 25.0 Å². The number of likely N-dealkylation sites (N-methyl/N-ethyl adjacent to an activating group) is 1. The standard InChI is InChI=1S/C29H33ClN4O6S/c1-19-16-34(20(2)18-35)28(36)24-10-7-11-25(32-41(38,39)23-14-12-21(30)13-15-23)27(24)40-26(19)17-33(3)29(37)31-22-8-5-4-6-9-22/h4-15,19-20,26,32,35H,16-18H2,1-3H3,(H,31,37)/t19-,20+,26+/m0/s1. The number of anilines is 2. The van der Waals surface area contributed by atoms with Gasteiger partial charge in [0.15, 0.2) is 5.75 Å². The summed E-state index contributed by atoms with van der Waals surface area (Å²) in [6.07, 6.45) is -0.636. The fraction of sp³-hybridized carbons (Fsp3) is 0.310. The first kappa shape index (κ1) is 30.2. The van der Waals surface area contributed by atoms with Gasteiger partial charge in [-0.2, -0.15) is 0 Å². The summed E-state index contributed by atoms with van der Waals surface area (Å²) < 4.78 is 35.4. The molecule has 1 aliphatic rings. The van der Waals surface area contributed by atoms with Crippen molar-refractivity contribution in [3.8, 4) is 5.75 Å². The minimum atomic E-state index is -4.07. The number of carbonyl (C=O) groups is 2. The zero-order chi connectivity index (χ0) is 29.7. The van der Waals surface area contributed by atoms with Crippen LogP contribution in [0.1, 0.15) is 24.2 Å². The molecule has 10 nitrogen and oxygen atoms in total. The number of sulfonamides is 1. The second kappa shape index (κ2) is 12.8. The SMILES string of the molecule is C[C@H](CO)N1C[C@H](C)[C@@H](CN(C)C(=O)Nc2ccccc2)Oc2c(NS(=O)(=O)c3ccc(Cl)cc3)cccc2C1=O. The predicted octanol–water partition coefficient (Wildman–Crippen LogP) is 4.52. The molecular weight excluding hydrogens is 568 g/mol. The number of urea groups is 1. The number of benzene rings is 3. The highest BCUT2D eigenvalue weighted by atomic mass is 35.5. The highest BCUT2D eigenvalue weighted by molar-refractivity contribution is 7.92. The maximum atomic E-state index is 13.7. The number of aliphatic hydroxyl groups excluding tert-OH is 1. The lowest BCUT2D eigenvalue weighted by molar-refractivity contribution is 0.0373. The lowest BCUT2D eigenvalue weighted by Crippen LogP contribution is -2.50. The van der Waals surface area contributed by atoms with E-state index in [4.69, 9.17) is 16.3 Å². The number of amides is 3. The molecule has 0 bridgehead atoms. The van der Waals surface area contributed by atoms with Crippen molar-refractivity contribution in [1.82, 2.24) is 9.80 Å². The second-order valence-electron chi connectivity index (χ2n) is 10.0. The van der Waals surface area contributed by atoms with Gasteiger partial charge in [-0.1, -0.05) is 42.8 Å². The topological polar surface area (TPSA) is 128 Å². The Morgan fingerprint density at radius 3 is 2.46 bits per heavy atom. The van der Waals surface area contributed by atoms with Gasteiger partial charge in [-0.15, -0.1) is 0 Å². The van der Waals surface area contributed by atoms with Crippen LogP contribution in [0.4, 0.5) is 16.2 Å². The molecule has 0 spiro atoms. The molecule has 0 fully saturated rings. The molecule has 0 saturated heterocycles. The van der Waals surface area contributed by atoms with E-state index in [-0.39, 0.29) is 53.5 Å². The normalized spacial score (nSPS) is 17.9. The Labute approximate surface area is 244 Å². The molecule has 3 atom stereocenters. The number of para-hydroxylation sites is 2. The minimum absolute atomic E-state index is 0.0190. The summed E-state index contributed by atoms with van der Waals surface area (Å²) in [6, 6.07) is 18.4. The largest absolute Gasteiger partial charge is 0.485 e. The van der Waals surface area contributed by atoms with Gasteiger partial charge in [0.1, 0.15) is 6.10 Å². The fourth-order valence-corrected chi connectivity index (χ4v) is 5.64. The van der Waals surface area contributed by atoms with Crippen LogP contribution in [0.2, 0.25) is 5.02 Å². The minimum Gasteiger partial charge on any atom is -0.485 e. The lowest BCUT2D eigenvalue weighted by atomic mass is 9.99. The third-order valence-electron chi connectivity index (χ3n) is 6.88. The fourth-order valence-electron chi connectivity index (χ4n) is 4.45. The van der Waals surface area contributed by atoms with E-state index in [1.165, 1.54) is 35.2 Å². The molecule has 3 aromatic carbocycles. The molecule has 0 aromatic heterocycles. The number of carbonyl (C=O) groups excluding carboxylic acids is 2. The maximum absolute atomic E-state index is 13.7.